The summed E-state index contributed by atoms with van der Waals surface area (Å²) in [5, 5.41) is 0. The number of fused-ring (bicyclic) bond motifs is 3. The van der Waals surface area contributed by atoms with Gasteiger partial charge in [-0.1, -0.05) is 38.8 Å². The fourth-order valence-electron chi connectivity index (χ4n) is 7.97. The minimum atomic E-state index is -1.44. The molecule has 1 heterocycles. The average Bonchev–Trinajstić information content (AvgIpc) is 2.91. The van der Waals surface area contributed by atoms with E-state index in [1.807, 2.05) is 26.8 Å². The van der Waals surface area contributed by atoms with Crippen molar-refractivity contribution >= 4 is 23.3 Å². The SMILES string of the molecule is CCCCOC(=O)C(=O)[C@@]12CC[C@@]3(OC(C)O1)[C@@H]1CCC4=CC(=O)C=C[C@]4(C)[C@H]1C(=O)C[C@]23C. The molecule has 1 aliphatic heterocycles. The number of hydrogen-bond acceptors (Lipinski definition) is 7. The lowest BCUT2D eigenvalue weighted by molar-refractivity contribution is -0.356. The van der Waals surface area contributed by atoms with Gasteiger partial charge in [0.1, 0.15) is 11.4 Å². The van der Waals surface area contributed by atoms with Gasteiger partial charge in [-0.05, 0) is 57.1 Å². The molecule has 0 aromatic rings. The fraction of sp³-hybridized carbons (Fsp3) is 0.704. The molecule has 5 rings (SSSR count). The number of carbonyl (C=O) groups excluding carboxylic acids is 4. The second-order valence-corrected chi connectivity index (χ2v) is 11.1. The van der Waals surface area contributed by atoms with Crippen molar-refractivity contribution in [3.8, 4) is 0 Å². The van der Waals surface area contributed by atoms with E-state index in [-0.39, 0.29) is 36.4 Å². The van der Waals surface area contributed by atoms with Gasteiger partial charge in [-0.2, -0.15) is 0 Å². The quantitative estimate of drug-likeness (QED) is 0.344. The van der Waals surface area contributed by atoms with E-state index in [1.54, 1.807) is 19.1 Å². The third-order valence-corrected chi connectivity index (χ3v) is 9.55. The van der Waals surface area contributed by atoms with Gasteiger partial charge in [-0.15, -0.1) is 0 Å². The van der Waals surface area contributed by atoms with Crippen LogP contribution in [0.3, 0.4) is 0 Å². The Kier molecular flexibility index (Phi) is 5.34. The Bertz CT molecular complexity index is 1030. The van der Waals surface area contributed by atoms with Crippen LogP contribution in [-0.2, 0) is 33.4 Å². The highest BCUT2D eigenvalue weighted by Crippen LogP contribution is 2.72. The summed E-state index contributed by atoms with van der Waals surface area (Å²) < 4.78 is 18.1. The van der Waals surface area contributed by atoms with E-state index in [1.165, 1.54) is 0 Å². The predicted octanol–water partition coefficient (Wildman–Crippen LogP) is 3.64. The molecule has 1 unspecified atom stereocenters. The zero-order chi connectivity index (χ0) is 24.5. The van der Waals surface area contributed by atoms with Crippen molar-refractivity contribution in [3.05, 3.63) is 23.8 Å². The summed E-state index contributed by atoms with van der Waals surface area (Å²) in [7, 11) is 0. The van der Waals surface area contributed by atoms with Gasteiger partial charge in [0.05, 0.1) is 12.2 Å². The Morgan fingerprint density at radius 1 is 1.18 bits per heavy atom. The molecule has 1 saturated heterocycles. The highest BCUT2D eigenvalue weighted by atomic mass is 16.7. The van der Waals surface area contributed by atoms with E-state index in [2.05, 4.69) is 0 Å². The van der Waals surface area contributed by atoms with Crippen molar-refractivity contribution in [2.45, 2.75) is 90.1 Å². The van der Waals surface area contributed by atoms with E-state index >= 15 is 0 Å². The molecule has 0 N–H and O–H groups in total. The number of allylic oxidation sites excluding steroid dienone is 4. The Hall–Kier alpha value is -2.12. The minimum absolute atomic E-state index is 0.0374. The summed E-state index contributed by atoms with van der Waals surface area (Å²) in [5.74, 6) is -2.08. The number of carbonyl (C=O) groups is 4. The number of rotatable bonds is 5. The maximum Gasteiger partial charge on any atom is 0.377 e. The smallest absolute Gasteiger partial charge is 0.377 e. The molecule has 5 aliphatic rings. The topological polar surface area (TPSA) is 96.0 Å². The Morgan fingerprint density at radius 3 is 2.68 bits per heavy atom. The van der Waals surface area contributed by atoms with E-state index < -0.39 is 40.1 Å². The van der Waals surface area contributed by atoms with Crippen LogP contribution in [0.15, 0.2) is 23.8 Å². The van der Waals surface area contributed by atoms with Crippen LogP contribution in [0.2, 0.25) is 0 Å². The molecule has 7 nitrogen and oxygen atoms in total. The Labute approximate surface area is 200 Å². The van der Waals surface area contributed by atoms with Gasteiger partial charge < -0.3 is 14.2 Å². The molecule has 7 atom stereocenters. The van der Waals surface area contributed by atoms with E-state index in [4.69, 9.17) is 14.2 Å². The first-order valence-electron chi connectivity index (χ1n) is 12.6. The van der Waals surface area contributed by atoms with Crippen molar-refractivity contribution in [3.63, 3.8) is 0 Å². The van der Waals surface area contributed by atoms with Crippen LogP contribution in [-0.4, -0.2) is 47.4 Å². The Morgan fingerprint density at radius 2 is 1.94 bits per heavy atom. The Balaban J connectivity index is 1.56. The van der Waals surface area contributed by atoms with Gasteiger partial charge >= 0.3 is 5.97 Å². The second-order valence-electron chi connectivity index (χ2n) is 11.1. The molecule has 0 radical (unpaired) electrons. The number of hydrogen-bond donors (Lipinski definition) is 0. The predicted molar refractivity (Wildman–Crippen MR) is 121 cm³/mol. The molecule has 4 fully saturated rings. The third-order valence-electron chi connectivity index (χ3n) is 9.55. The van der Waals surface area contributed by atoms with E-state index in [0.717, 1.165) is 12.0 Å². The molecule has 0 aromatic heterocycles. The van der Waals surface area contributed by atoms with Crippen LogP contribution in [0.1, 0.15) is 72.6 Å². The lowest BCUT2D eigenvalue weighted by Crippen LogP contribution is -2.73. The molecule has 3 saturated carbocycles. The first kappa shape index (κ1) is 23.6. The first-order valence-corrected chi connectivity index (χ1v) is 12.6. The number of ether oxygens (including phenoxy) is 3. The highest BCUT2D eigenvalue weighted by Gasteiger charge is 2.80. The van der Waals surface area contributed by atoms with Crippen LogP contribution in [0.5, 0.6) is 0 Å². The van der Waals surface area contributed by atoms with E-state index in [9.17, 15) is 19.2 Å². The lowest BCUT2D eigenvalue weighted by Gasteiger charge is -2.65. The van der Waals surface area contributed by atoms with Crippen molar-refractivity contribution in [1.29, 1.82) is 0 Å². The number of esters is 1. The van der Waals surface area contributed by atoms with Gasteiger partial charge in [0.2, 0.25) is 0 Å². The van der Waals surface area contributed by atoms with Gasteiger partial charge in [-0.3, -0.25) is 14.4 Å². The van der Waals surface area contributed by atoms with Crippen LogP contribution in [0, 0.1) is 22.7 Å². The van der Waals surface area contributed by atoms with Crippen molar-refractivity contribution < 1.29 is 33.4 Å². The summed E-state index contributed by atoms with van der Waals surface area (Å²) >= 11 is 0. The summed E-state index contributed by atoms with van der Waals surface area (Å²) in [6.07, 6.45) is 8.29. The van der Waals surface area contributed by atoms with Crippen LogP contribution in [0.25, 0.3) is 0 Å². The van der Waals surface area contributed by atoms with Crippen LogP contribution < -0.4 is 0 Å². The molecule has 7 heteroatoms. The third kappa shape index (κ3) is 2.83. The second kappa shape index (κ2) is 7.69. The normalized spacial score (nSPS) is 44.6. The molecular formula is C27H34O7. The zero-order valence-electron chi connectivity index (χ0n) is 20.5. The maximum atomic E-state index is 13.9. The van der Waals surface area contributed by atoms with Crippen LogP contribution >= 0.6 is 0 Å². The fourth-order valence-corrected chi connectivity index (χ4v) is 7.97. The molecule has 184 valence electrons. The standard InChI is InChI=1S/C27H34O7/c1-5-6-13-32-23(31)22(30)27-12-11-26(33-16(2)34-27)19-8-7-17-14-18(28)9-10-24(17,3)21(19)20(29)15-25(26,27)4/h9-10,14,16,19,21H,5-8,11-13,15H2,1-4H3/t16?,19-,21-,24+,25+,26-,27-/m1/s1. The number of Topliss-reactive ketones (excluding diaryl/α,β-unsaturated/α-hetero) is 2. The van der Waals surface area contributed by atoms with Gasteiger partial charge in [0.15, 0.2) is 12.1 Å². The average molecular weight is 471 g/mol. The number of unbranched alkanes of at least 4 members (excludes halogenated alkanes) is 1. The van der Waals surface area contributed by atoms with Crippen molar-refractivity contribution in [2.75, 3.05) is 6.61 Å². The van der Waals surface area contributed by atoms with Gasteiger partial charge in [-0.25, -0.2) is 4.79 Å². The molecule has 0 aromatic carbocycles. The summed E-state index contributed by atoms with van der Waals surface area (Å²) in [6, 6.07) is 0. The molecule has 0 spiro atoms. The van der Waals surface area contributed by atoms with Crippen molar-refractivity contribution in [2.24, 2.45) is 22.7 Å². The maximum absolute atomic E-state index is 13.9. The summed E-state index contributed by atoms with van der Waals surface area (Å²) in [5.41, 5.74) is -2.74. The first-order chi connectivity index (χ1) is 16.0. The van der Waals surface area contributed by atoms with Gasteiger partial charge in [0, 0.05) is 23.2 Å². The highest BCUT2D eigenvalue weighted by molar-refractivity contribution is 6.37. The summed E-state index contributed by atoms with van der Waals surface area (Å²) in [4.78, 5) is 52.4. The molecule has 2 bridgehead atoms. The van der Waals surface area contributed by atoms with Gasteiger partial charge in [0.25, 0.3) is 5.78 Å². The lowest BCUT2D eigenvalue weighted by atomic mass is 9.44. The largest absolute Gasteiger partial charge is 0.460 e. The van der Waals surface area contributed by atoms with E-state index in [0.29, 0.717) is 32.1 Å². The minimum Gasteiger partial charge on any atom is -0.460 e. The molecule has 34 heavy (non-hydrogen) atoms. The molecule has 0 amide bonds. The van der Waals surface area contributed by atoms with Crippen molar-refractivity contribution in [1.82, 2.24) is 0 Å². The zero-order valence-corrected chi connectivity index (χ0v) is 20.5. The monoisotopic (exact) mass is 470 g/mol. The summed E-state index contributed by atoms with van der Waals surface area (Å²) in [6.45, 7) is 7.86. The molecule has 4 aliphatic carbocycles. The molecular weight excluding hydrogens is 436 g/mol. The van der Waals surface area contributed by atoms with Crippen LogP contribution in [0.4, 0.5) is 0 Å². The number of ketones is 3.